The van der Waals surface area contributed by atoms with Crippen molar-refractivity contribution < 1.29 is 0 Å². The Labute approximate surface area is 138 Å². The molecule has 0 saturated heterocycles. The number of benzene rings is 1. The molecule has 122 valence electrons. The molecule has 0 heteroatoms. The summed E-state index contributed by atoms with van der Waals surface area (Å²) in [5.74, 6) is 7.38. The van der Waals surface area contributed by atoms with Crippen LogP contribution in [0.5, 0.6) is 0 Å². The topological polar surface area (TPSA) is 0 Å². The van der Waals surface area contributed by atoms with E-state index < -0.39 is 0 Å². The second kappa shape index (κ2) is 12.3. The van der Waals surface area contributed by atoms with Gasteiger partial charge in [0.05, 0.1) is 0 Å². The fraction of sp³-hybridized carbons (Fsp3) is 0.636. The summed E-state index contributed by atoms with van der Waals surface area (Å²) in [6.45, 7) is 6.82. The van der Waals surface area contributed by atoms with Crippen LogP contribution in [0.3, 0.4) is 0 Å². The Balaban J connectivity index is 2.21. The van der Waals surface area contributed by atoms with Gasteiger partial charge >= 0.3 is 0 Å². The van der Waals surface area contributed by atoms with Crippen LogP contribution in [0.1, 0.15) is 89.7 Å². The third-order valence-electron chi connectivity index (χ3n) is 4.09. The molecule has 0 amide bonds. The van der Waals surface area contributed by atoms with Gasteiger partial charge in [-0.2, -0.15) is 0 Å². The van der Waals surface area contributed by atoms with Gasteiger partial charge in [0.1, 0.15) is 0 Å². The molecule has 1 aromatic rings. The zero-order valence-electron chi connectivity index (χ0n) is 15.0. The first-order chi connectivity index (χ1) is 10.7. The first kappa shape index (κ1) is 18.8. The highest BCUT2D eigenvalue weighted by Crippen LogP contribution is 2.11. The van der Waals surface area contributed by atoms with Gasteiger partial charge in [-0.1, -0.05) is 83.3 Å². The predicted octanol–water partition coefficient (Wildman–Crippen LogP) is 6.77. The van der Waals surface area contributed by atoms with Gasteiger partial charge in [-0.25, -0.2) is 0 Å². The van der Waals surface area contributed by atoms with E-state index in [9.17, 15) is 0 Å². The van der Waals surface area contributed by atoms with E-state index >= 15 is 0 Å². The summed E-state index contributed by atoms with van der Waals surface area (Å²) >= 11 is 0. The van der Waals surface area contributed by atoms with Crippen molar-refractivity contribution in [3.8, 4) is 11.8 Å². The fourth-order valence-electron chi connectivity index (χ4n) is 2.63. The van der Waals surface area contributed by atoms with Gasteiger partial charge in [0.2, 0.25) is 0 Å². The van der Waals surface area contributed by atoms with Gasteiger partial charge in [-0.15, -0.1) is 0 Å². The molecule has 0 saturated carbocycles. The van der Waals surface area contributed by atoms with Crippen LogP contribution in [0.4, 0.5) is 0 Å². The molecule has 0 aromatic heterocycles. The lowest BCUT2D eigenvalue weighted by Crippen LogP contribution is -1.87. The smallest absolute Gasteiger partial charge is 0.0245 e. The molecule has 0 radical (unpaired) electrons. The lowest BCUT2D eigenvalue weighted by atomic mass is 10.0. The van der Waals surface area contributed by atoms with Crippen LogP contribution < -0.4 is 0 Å². The molecule has 0 heterocycles. The molecule has 0 unspecified atom stereocenters. The molecule has 1 rings (SSSR count). The second-order valence-electron chi connectivity index (χ2n) is 6.80. The summed E-state index contributed by atoms with van der Waals surface area (Å²) in [6, 6.07) is 8.87. The normalized spacial score (nSPS) is 10.5. The molecule has 22 heavy (non-hydrogen) atoms. The van der Waals surface area contributed by atoms with Crippen LogP contribution in [-0.4, -0.2) is 0 Å². The van der Waals surface area contributed by atoms with Crippen LogP contribution in [-0.2, 0) is 6.42 Å². The number of aryl methyl sites for hydroxylation is 1. The molecule has 0 spiro atoms. The molecule has 0 fully saturated rings. The summed E-state index contributed by atoms with van der Waals surface area (Å²) in [4.78, 5) is 0. The fourth-order valence-corrected chi connectivity index (χ4v) is 2.63. The van der Waals surface area contributed by atoms with Crippen LogP contribution >= 0.6 is 0 Å². The van der Waals surface area contributed by atoms with Crippen molar-refractivity contribution in [2.45, 2.75) is 85.0 Å². The van der Waals surface area contributed by atoms with Crippen molar-refractivity contribution in [1.29, 1.82) is 0 Å². The first-order valence-electron chi connectivity index (χ1n) is 9.30. The molecule has 0 aliphatic carbocycles. The van der Waals surface area contributed by atoms with Crippen LogP contribution in [0.2, 0.25) is 0 Å². The summed E-state index contributed by atoms with van der Waals surface area (Å²) in [5.41, 5.74) is 2.62. The summed E-state index contributed by atoms with van der Waals surface area (Å²) < 4.78 is 0. The Morgan fingerprint density at radius 3 is 2.23 bits per heavy atom. The van der Waals surface area contributed by atoms with Crippen molar-refractivity contribution in [2.24, 2.45) is 5.92 Å². The van der Waals surface area contributed by atoms with Crippen LogP contribution in [0, 0.1) is 17.8 Å². The highest BCUT2D eigenvalue weighted by atomic mass is 14.0. The number of unbranched alkanes of at least 4 members (excludes halogenated alkanes) is 6. The Hall–Kier alpha value is -1.22. The Bertz CT molecular complexity index is 427. The highest BCUT2D eigenvalue weighted by molar-refractivity contribution is 5.36. The molecule has 1 aromatic carbocycles. The van der Waals surface area contributed by atoms with Crippen molar-refractivity contribution in [2.75, 3.05) is 0 Å². The Morgan fingerprint density at radius 2 is 1.55 bits per heavy atom. The summed E-state index contributed by atoms with van der Waals surface area (Å²) in [7, 11) is 0. The van der Waals surface area contributed by atoms with Crippen molar-refractivity contribution in [3.63, 3.8) is 0 Å². The minimum atomic E-state index is 0.794. The van der Waals surface area contributed by atoms with E-state index in [0.29, 0.717) is 0 Å². The molecular formula is C22H34. The quantitative estimate of drug-likeness (QED) is 0.330. The van der Waals surface area contributed by atoms with Gasteiger partial charge < -0.3 is 0 Å². The number of rotatable bonds is 10. The third-order valence-corrected chi connectivity index (χ3v) is 4.09. The lowest BCUT2D eigenvalue weighted by molar-refractivity contribution is 0.563. The molecule has 0 atom stereocenters. The Kier molecular flexibility index (Phi) is 10.6. The monoisotopic (exact) mass is 298 g/mol. The minimum Gasteiger partial charge on any atom is -0.0979 e. The zero-order chi connectivity index (χ0) is 16.0. The maximum atomic E-state index is 3.30. The van der Waals surface area contributed by atoms with Crippen LogP contribution in [0.25, 0.3) is 0 Å². The van der Waals surface area contributed by atoms with E-state index in [0.717, 1.165) is 17.9 Å². The number of hydrogen-bond acceptors (Lipinski definition) is 0. The zero-order valence-corrected chi connectivity index (χ0v) is 15.0. The van der Waals surface area contributed by atoms with Crippen molar-refractivity contribution >= 4 is 0 Å². The summed E-state index contributed by atoms with van der Waals surface area (Å²) in [5, 5.41) is 0. The van der Waals surface area contributed by atoms with E-state index in [1.54, 1.807) is 0 Å². The largest absolute Gasteiger partial charge is 0.0979 e. The maximum Gasteiger partial charge on any atom is 0.0245 e. The predicted molar refractivity (Wildman–Crippen MR) is 99.1 cm³/mol. The average molecular weight is 299 g/mol. The second-order valence-corrected chi connectivity index (χ2v) is 6.80. The van der Waals surface area contributed by atoms with E-state index in [2.05, 4.69) is 56.9 Å². The number of hydrogen-bond donors (Lipinski definition) is 0. The molecule has 0 N–H and O–H groups in total. The van der Waals surface area contributed by atoms with E-state index in [-0.39, 0.29) is 0 Å². The van der Waals surface area contributed by atoms with Gasteiger partial charge in [-0.3, -0.25) is 0 Å². The molecule has 0 bridgehead atoms. The SMILES string of the molecule is CCCCCCCCc1ccc(C#CCCCC(C)C)cc1. The van der Waals surface area contributed by atoms with Crippen molar-refractivity contribution in [1.82, 2.24) is 0 Å². The standard InChI is InChI=1S/C22H34/c1-4-5-6-7-8-11-14-21-16-18-22(19-17-21)15-12-9-10-13-20(2)3/h16-20H,4-11,13-14H2,1-3H3. The molecular weight excluding hydrogens is 264 g/mol. The van der Waals surface area contributed by atoms with E-state index in [1.807, 2.05) is 0 Å². The highest BCUT2D eigenvalue weighted by Gasteiger charge is 1.95. The van der Waals surface area contributed by atoms with Gasteiger partial charge in [0, 0.05) is 12.0 Å². The van der Waals surface area contributed by atoms with E-state index in [4.69, 9.17) is 0 Å². The van der Waals surface area contributed by atoms with Crippen LogP contribution in [0.15, 0.2) is 24.3 Å². The first-order valence-corrected chi connectivity index (χ1v) is 9.30. The molecule has 0 aliphatic heterocycles. The van der Waals surface area contributed by atoms with Crippen molar-refractivity contribution in [3.05, 3.63) is 35.4 Å². The molecule has 0 nitrogen and oxygen atoms in total. The lowest BCUT2D eigenvalue weighted by Gasteiger charge is -2.02. The minimum absolute atomic E-state index is 0.794. The van der Waals surface area contributed by atoms with Gasteiger partial charge in [0.25, 0.3) is 0 Å². The van der Waals surface area contributed by atoms with Gasteiger partial charge in [-0.05, 0) is 42.9 Å². The molecule has 0 aliphatic rings. The summed E-state index contributed by atoms with van der Waals surface area (Å²) in [6.07, 6.45) is 13.0. The Morgan fingerprint density at radius 1 is 0.864 bits per heavy atom. The average Bonchev–Trinajstić information content (AvgIpc) is 2.51. The van der Waals surface area contributed by atoms with E-state index in [1.165, 1.54) is 63.4 Å². The maximum absolute atomic E-state index is 3.30. The van der Waals surface area contributed by atoms with Gasteiger partial charge in [0.15, 0.2) is 0 Å². The third kappa shape index (κ3) is 9.67.